The summed E-state index contributed by atoms with van der Waals surface area (Å²) in [4.78, 5) is 30.1. The summed E-state index contributed by atoms with van der Waals surface area (Å²) in [5, 5.41) is 0. The molecule has 0 N–H and O–H groups in total. The Hall–Kier alpha value is -1.95. The van der Waals surface area contributed by atoms with Crippen molar-refractivity contribution in [3.8, 4) is 0 Å². The van der Waals surface area contributed by atoms with Gasteiger partial charge in [0.25, 0.3) is 5.91 Å². The summed E-state index contributed by atoms with van der Waals surface area (Å²) in [7, 11) is 0. The van der Waals surface area contributed by atoms with Gasteiger partial charge >= 0.3 is 0 Å². The molecule has 0 aromatic heterocycles. The van der Waals surface area contributed by atoms with Crippen LogP contribution in [-0.2, 0) is 20.7 Å². The highest BCUT2D eigenvalue weighted by Crippen LogP contribution is 2.43. The molecule has 4 fully saturated rings. The van der Waals surface area contributed by atoms with E-state index < -0.39 is 0 Å². The molecule has 0 radical (unpaired) electrons. The normalized spacial score (nSPS) is 34.2. The van der Waals surface area contributed by atoms with E-state index in [0.29, 0.717) is 31.9 Å². The molecule has 5 nitrogen and oxygen atoms in total. The van der Waals surface area contributed by atoms with Gasteiger partial charge in [0.15, 0.2) is 0 Å². The molecule has 0 spiro atoms. The number of hydrogen-bond donors (Lipinski definition) is 0. The first-order valence-electron chi connectivity index (χ1n) is 11.1. The fourth-order valence-electron chi connectivity index (χ4n) is 6.10. The van der Waals surface area contributed by atoms with Gasteiger partial charge in [-0.2, -0.15) is 0 Å². The standard InChI is InChI=1S/C23H29FN2O3/c24-18-5-1-4-15(10-18)11-20-17-12-16(19-6-2-8-22(27)26(19)20)13-25(14-17)23(28)21-7-3-9-29-21/h1,4-5,10,16-17,19-21H,2-3,6-9,11-14H2/t16-,17+,19+,20+,21-/m1/s1. The number of amides is 2. The Morgan fingerprint density at radius 1 is 1.17 bits per heavy atom. The van der Waals surface area contributed by atoms with Crippen molar-refractivity contribution in [3.63, 3.8) is 0 Å². The molecule has 4 heterocycles. The van der Waals surface area contributed by atoms with Gasteiger partial charge in [0.2, 0.25) is 5.91 Å². The zero-order valence-corrected chi connectivity index (χ0v) is 16.8. The Morgan fingerprint density at radius 2 is 2.03 bits per heavy atom. The van der Waals surface area contributed by atoms with Gasteiger partial charge in [-0.05, 0) is 68.1 Å². The van der Waals surface area contributed by atoms with Crippen molar-refractivity contribution in [1.82, 2.24) is 9.80 Å². The maximum atomic E-state index is 13.8. The summed E-state index contributed by atoms with van der Waals surface area (Å²) in [6, 6.07) is 6.94. The lowest BCUT2D eigenvalue weighted by atomic mass is 9.70. The van der Waals surface area contributed by atoms with E-state index in [1.54, 1.807) is 12.1 Å². The Balaban J connectivity index is 1.42. The molecule has 4 saturated heterocycles. The number of halogens is 1. The number of likely N-dealkylation sites (tertiary alicyclic amines) is 1. The summed E-state index contributed by atoms with van der Waals surface area (Å²) < 4.78 is 19.4. The number of ether oxygens (including phenoxy) is 1. The van der Waals surface area contributed by atoms with Crippen LogP contribution >= 0.6 is 0 Å². The second-order valence-electron chi connectivity index (χ2n) is 9.16. The van der Waals surface area contributed by atoms with Crippen molar-refractivity contribution in [2.75, 3.05) is 19.7 Å². The van der Waals surface area contributed by atoms with Crippen molar-refractivity contribution in [1.29, 1.82) is 0 Å². The Morgan fingerprint density at radius 3 is 2.83 bits per heavy atom. The molecule has 2 bridgehead atoms. The molecule has 2 amide bonds. The van der Waals surface area contributed by atoms with Gasteiger partial charge in [0.1, 0.15) is 11.9 Å². The fraction of sp³-hybridized carbons (Fsp3) is 0.652. The Kier molecular flexibility index (Phi) is 5.06. The number of hydrogen-bond acceptors (Lipinski definition) is 3. The van der Waals surface area contributed by atoms with Crippen LogP contribution in [0.3, 0.4) is 0 Å². The molecule has 1 aromatic rings. The molecular weight excluding hydrogens is 371 g/mol. The average molecular weight is 400 g/mol. The van der Waals surface area contributed by atoms with Gasteiger partial charge in [-0.1, -0.05) is 12.1 Å². The number of fused-ring (bicyclic) bond motifs is 4. The van der Waals surface area contributed by atoms with Gasteiger partial charge < -0.3 is 14.5 Å². The smallest absolute Gasteiger partial charge is 0.251 e. The zero-order chi connectivity index (χ0) is 20.0. The molecule has 29 heavy (non-hydrogen) atoms. The van der Waals surface area contributed by atoms with E-state index in [1.807, 2.05) is 11.0 Å². The number of piperidine rings is 3. The minimum absolute atomic E-state index is 0.0333. The van der Waals surface area contributed by atoms with Crippen LogP contribution in [0.25, 0.3) is 0 Å². The van der Waals surface area contributed by atoms with Crippen LogP contribution < -0.4 is 0 Å². The number of nitrogens with zero attached hydrogens (tertiary/aromatic N) is 2. The highest BCUT2D eigenvalue weighted by Gasteiger charge is 2.50. The second kappa shape index (κ2) is 7.71. The first kappa shape index (κ1) is 19.0. The lowest BCUT2D eigenvalue weighted by Crippen LogP contribution is -2.66. The van der Waals surface area contributed by atoms with E-state index in [2.05, 4.69) is 4.90 Å². The molecule has 4 aliphatic rings. The lowest BCUT2D eigenvalue weighted by Gasteiger charge is -2.57. The quantitative estimate of drug-likeness (QED) is 0.784. The van der Waals surface area contributed by atoms with Crippen molar-refractivity contribution >= 4 is 11.8 Å². The molecule has 156 valence electrons. The fourth-order valence-corrected chi connectivity index (χ4v) is 6.10. The maximum absolute atomic E-state index is 13.8. The van der Waals surface area contributed by atoms with E-state index >= 15 is 0 Å². The molecule has 0 saturated carbocycles. The highest BCUT2D eigenvalue weighted by atomic mass is 19.1. The largest absolute Gasteiger partial charge is 0.368 e. The number of rotatable bonds is 3. The number of carbonyl (C=O) groups is 2. The first-order chi connectivity index (χ1) is 14.1. The van der Waals surface area contributed by atoms with Crippen LogP contribution in [0, 0.1) is 17.7 Å². The average Bonchev–Trinajstić information content (AvgIpc) is 3.25. The minimum Gasteiger partial charge on any atom is -0.368 e. The van der Waals surface area contributed by atoms with Crippen molar-refractivity contribution in [3.05, 3.63) is 35.6 Å². The van der Waals surface area contributed by atoms with Crippen LogP contribution in [-0.4, -0.2) is 59.5 Å². The molecule has 0 aliphatic carbocycles. The third-order valence-corrected chi connectivity index (χ3v) is 7.35. The van der Waals surface area contributed by atoms with E-state index in [1.165, 1.54) is 6.07 Å². The van der Waals surface area contributed by atoms with Gasteiger partial charge in [-0.25, -0.2) is 4.39 Å². The lowest BCUT2D eigenvalue weighted by molar-refractivity contribution is -0.159. The Bertz CT molecular complexity index is 794. The summed E-state index contributed by atoms with van der Waals surface area (Å²) in [6.07, 6.45) is 5.70. The summed E-state index contributed by atoms with van der Waals surface area (Å²) in [5.74, 6) is 0.692. The van der Waals surface area contributed by atoms with E-state index in [4.69, 9.17) is 4.74 Å². The van der Waals surface area contributed by atoms with Gasteiger partial charge in [0.05, 0.1) is 0 Å². The summed E-state index contributed by atoms with van der Waals surface area (Å²) in [5.41, 5.74) is 0.924. The minimum atomic E-state index is -0.292. The second-order valence-corrected chi connectivity index (χ2v) is 9.16. The van der Waals surface area contributed by atoms with Crippen molar-refractivity contribution in [2.24, 2.45) is 11.8 Å². The molecule has 6 heteroatoms. The zero-order valence-electron chi connectivity index (χ0n) is 16.8. The predicted molar refractivity (Wildman–Crippen MR) is 106 cm³/mol. The van der Waals surface area contributed by atoms with Crippen LogP contribution in [0.1, 0.15) is 44.1 Å². The van der Waals surface area contributed by atoms with Crippen LogP contribution in [0.2, 0.25) is 0 Å². The first-order valence-corrected chi connectivity index (χ1v) is 11.1. The molecule has 4 aliphatic heterocycles. The molecule has 1 aromatic carbocycles. The van der Waals surface area contributed by atoms with Crippen LogP contribution in [0.5, 0.6) is 0 Å². The van der Waals surface area contributed by atoms with E-state index in [0.717, 1.165) is 44.2 Å². The third-order valence-electron chi connectivity index (χ3n) is 7.35. The molecule has 0 unspecified atom stereocenters. The molecular formula is C23H29FN2O3. The summed E-state index contributed by atoms with van der Waals surface area (Å²) in [6.45, 7) is 2.08. The maximum Gasteiger partial charge on any atom is 0.251 e. The summed E-state index contributed by atoms with van der Waals surface area (Å²) >= 11 is 0. The number of benzene rings is 1. The third kappa shape index (κ3) is 3.56. The van der Waals surface area contributed by atoms with Crippen molar-refractivity contribution < 1.29 is 18.7 Å². The topological polar surface area (TPSA) is 49.9 Å². The molecule has 5 rings (SSSR count). The monoisotopic (exact) mass is 400 g/mol. The van der Waals surface area contributed by atoms with Gasteiger partial charge in [-0.15, -0.1) is 0 Å². The Labute approximate surface area is 171 Å². The van der Waals surface area contributed by atoms with E-state index in [9.17, 15) is 14.0 Å². The van der Waals surface area contributed by atoms with Gasteiger partial charge in [-0.3, -0.25) is 9.59 Å². The van der Waals surface area contributed by atoms with Gasteiger partial charge in [0, 0.05) is 38.2 Å². The number of carbonyl (C=O) groups excluding carboxylic acids is 2. The van der Waals surface area contributed by atoms with Crippen LogP contribution in [0.4, 0.5) is 4.39 Å². The predicted octanol–water partition coefficient (Wildman–Crippen LogP) is 2.78. The molecule has 5 atom stereocenters. The SMILES string of the molecule is O=C([C@H]1CCCO1)N1C[C@H]2C[C@@H](C1)[C@H](Cc1cccc(F)c1)N1C(=O)CCC[C@@H]21. The van der Waals surface area contributed by atoms with E-state index in [-0.39, 0.29) is 41.7 Å². The highest BCUT2D eigenvalue weighted by molar-refractivity contribution is 5.81. The van der Waals surface area contributed by atoms with Crippen molar-refractivity contribution in [2.45, 2.75) is 63.1 Å². The van der Waals surface area contributed by atoms with Crippen LogP contribution in [0.15, 0.2) is 24.3 Å².